The van der Waals surface area contributed by atoms with Crippen LogP contribution in [0.2, 0.25) is 4.34 Å². The maximum atomic E-state index is 13.8. The average molecular weight is 581 g/mol. The number of aliphatic carboxylic acids is 1. The highest BCUT2D eigenvalue weighted by molar-refractivity contribution is 7.15. The van der Waals surface area contributed by atoms with Crippen molar-refractivity contribution in [2.45, 2.75) is 38.1 Å². The summed E-state index contributed by atoms with van der Waals surface area (Å²) in [5.74, 6) is -1.43. The number of anilines is 1. The van der Waals surface area contributed by atoms with E-state index < -0.39 is 11.4 Å². The van der Waals surface area contributed by atoms with E-state index >= 15 is 0 Å². The van der Waals surface area contributed by atoms with Crippen molar-refractivity contribution in [3.8, 4) is 0 Å². The fourth-order valence-electron chi connectivity index (χ4n) is 5.58. The van der Waals surface area contributed by atoms with E-state index in [0.717, 1.165) is 16.8 Å². The van der Waals surface area contributed by atoms with Gasteiger partial charge in [-0.2, -0.15) is 0 Å². The molecule has 0 bridgehead atoms. The molecule has 2 aliphatic heterocycles. The zero-order chi connectivity index (χ0) is 28.4. The summed E-state index contributed by atoms with van der Waals surface area (Å²) < 4.78 is 0.514. The molecule has 2 aliphatic rings. The zero-order valence-corrected chi connectivity index (χ0v) is 23.6. The van der Waals surface area contributed by atoms with Crippen molar-refractivity contribution in [2.24, 2.45) is 0 Å². The van der Waals surface area contributed by atoms with Crippen molar-refractivity contribution in [1.29, 1.82) is 0 Å². The molecule has 40 heavy (non-hydrogen) atoms. The number of likely N-dealkylation sites (tertiary alicyclic amines) is 1. The molecule has 0 radical (unpaired) electrons. The highest BCUT2D eigenvalue weighted by atomic mass is 35.5. The number of carboxylic acids is 1. The van der Waals surface area contributed by atoms with E-state index in [2.05, 4.69) is 4.98 Å². The number of hydrogen-bond donors (Lipinski definition) is 1. The third kappa shape index (κ3) is 5.73. The highest BCUT2D eigenvalue weighted by Crippen LogP contribution is 2.47. The second kappa shape index (κ2) is 11.4. The number of carbonyl (C=O) groups excluding carboxylic acids is 3. The van der Waals surface area contributed by atoms with Gasteiger partial charge >= 0.3 is 5.97 Å². The van der Waals surface area contributed by atoms with Crippen LogP contribution in [0.4, 0.5) is 5.69 Å². The Labute approximate surface area is 241 Å². The number of aromatic nitrogens is 1. The minimum atomic E-state index is -0.982. The molecule has 1 spiro atoms. The van der Waals surface area contributed by atoms with E-state index in [9.17, 15) is 24.3 Å². The maximum Gasteiger partial charge on any atom is 0.305 e. The van der Waals surface area contributed by atoms with Gasteiger partial charge in [0.2, 0.25) is 11.8 Å². The van der Waals surface area contributed by atoms with Gasteiger partial charge in [0, 0.05) is 56.3 Å². The topological polar surface area (TPSA) is 111 Å². The van der Waals surface area contributed by atoms with E-state index in [1.807, 2.05) is 36.4 Å². The fraction of sp³-hybridized carbons (Fsp3) is 0.345. The molecule has 3 aromatic rings. The maximum absolute atomic E-state index is 13.8. The van der Waals surface area contributed by atoms with Gasteiger partial charge in [-0.3, -0.25) is 19.2 Å². The molecular weight excluding hydrogens is 552 g/mol. The number of benzene rings is 2. The summed E-state index contributed by atoms with van der Waals surface area (Å²) in [6, 6.07) is 14.7. The van der Waals surface area contributed by atoms with Crippen LogP contribution >= 0.6 is 22.9 Å². The van der Waals surface area contributed by atoms with Gasteiger partial charge in [0.15, 0.2) is 0 Å². The van der Waals surface area contributed by atoms with Gasteiger partial charge in [0.05, 0.1) is 19.0 Å². The number of rotatable bonds is 8. The van der Waals surface area contributed by atoms with Crippen molar-refractivity contribution >= 4 is 52.3 Å². The van der Waals surface area contributed by atoms with E-state index in [4.69, 9.17) is 11.6 Å². The molecule has 3 heterocycles. The number of thiazole rings is 1. The normalized spacial score (nSPS) is 17.8. The van der Waals surface area contributed by atoms with Crippen LogP contribution in [0.3, 0.4) is 0 Å². The number of halogens is 1. The molecular formula is C29H29ClN4O5S. The predicted molar refractivity (Wildman–Crippen MR) is 152 cm³/mol. The lowest BCUT2D eigenvalue weighted by Gasteiger charge is -2.26. The molecule has 1 fully saturated rings. The number of amides is 3. The largest absolute Gasteiger partial charge is 0.481 e. The van der Waals surface area contributed by atoms with E-state index in [1.165, 1.54) is 24.5 Å². The lowest BCUT2D eigenvalue weighted by atomic mass is 9.81. The molecule has 3 amide bonds. The van der Waals surface area contributed by atoms with Crippen LogP contribution in [0, 0.1) is 0 Å². The first kappa shape index (κ1) is 27.8. The molecule has 5 rings (SSSR count). The Hall–Kier alpha value is -3.76. The molecule has 1 saturated heterocycles. The molecule has 1 aromatic heterocycles. The summed E-state index contributed by atoms with van der Waals surface area (Å²) in [6.45, 7) is 3.28. The Kier molecular flexibility index (Phi) is 7.91. The number of fused-ring (bicyclic) bond motifs is 2. The second-order valence-corrected chi connectivity index (χ2v) is 12.0. The SMILES string of the molecule is CC(=O)N1CCC2(C1)CN(C(=O)Cc1ncc(Cl)s1)c1ccc(C(=O)N(CCC(=O)O)Cc3ccccc3)cc12. The summed E-state index contributed by atoms with van der Waals surface area (Å²) in [5.41, 5.74) is 2.38. The quantitative estimate of drug-likeness (QED) is 0.431. The second-order valence-electron chi connectivity index (χ2n) is 10.3. The molecule has 1 N–H and O–H groups in total. The van der Waals surface area contributed by atoms with Gasteiger partial charge in [-0.15, -0.1) is 11.3 Å². The van der Waals surface area contributed by atoms with Crippen molar-refractivity contribution in [1.82, 2.24) is 14.8 Å². The van der Waals surface area contributed by atoms with E-state index in [1.54, 1.807) is 26.8 Å². The van der Waals surface area contributed by atoms with Crippen LogP contribution in [0.5, 0.6) is 0 Å². The number of carbonyl (C=O) groups is 4. The molecule has 0 saturated carbocycles. The van der Waals surface area contributed by atoms with Crippen LogP contribution in [-0.2, 0) is 32.8 Å². The summed E-state index contributed by atoms with van der Waals surface area (Å²) in [5, 5.41) is 9.91. The Morgan fingerprint density at radius 1 is 1.12 bits per heavy atom. The lowest BCUT2D eigenvalue weighted by molar-refractivity contribution is -0.137. The van der Waals surface area contributed by atoms with Crippen LogP contribution in [0.25, 0.3) is 0 Å². The van der Waals surface area contributed by atoms with Crippen LogP contribution < -0.4 is 4.90 Å². The molecule has 11 heteroatoms. The van der Waals surface area contributed by atoms with Crippen molar-refractivity contribution in [2.75, 3.05) is 31.1 Å². The number of nitrogens with zero attached hydrogens (tertiary/aromatic N) is 4. The van der Waals surface area contributed by atoms with Gasteiger partial charge in [0.25, 0.3) is 5.91 Å². The van der Waals surface area contributed by atoms with Gasteiger partial charge < -0.3 is 19.8 Å². The first-order valence-corrected chi connectivity index (χ1v) is 14.2. The van der Waals surface area contributed by atoms with Crippen molar-refractivity contribution in [3.63, 3.8) is 0 Å². The third-order valence-corrected chi connectivity index (χ3v) is 8.71. The summed E-state index contributed by atoms with van der Waals surface area (Å²) >= 11 is 7.28. The first-order chi connectivity index (χ1) is 19.1. The molecule has 9 nitrogen and oxygen atoms in total. The Morgan fingerprint density at radius 2 is 1.90 bits per heavy atom. The molecule has 2 aromatic carbocycles. The van der Waals surface area contributed by atoms with Gasteiger partial charge in [0.1, 0.15) is 9.34 Å². The summed E-state index contributed by atoms with van der Waals surface area (Å²) in [4.78, 5) is 60.1. The fourth-order valence-corrected chi connectivity index (χ4v) is 6.53. The minimum Gasteiger partial charge on any atom is -0.481 e. The number of hydrogen-bond acceptors (Lipinski definition) is 6. The van der Waals surface area contributed by atoms with Crippen LogP contribution in [-0.4, -0.2) is 69.8 Å². The zero-order valence-electron chi connectivity index (χ0n) is 22.0. The van der Waals surface area contributed by atoms with Crippen molar-refractivity contribution < 1.29 is 24.3 Å². The molecule has 1 atom stereocenters. The third-order valence-electron chi connectivity index (χ3n) is 7.59. The van der Waals surface area contributed by atoms with Crippen molar-refractivity contribution in [3.05, 3.63) is 80.8 Å². The van der Waals surface area contributed by atoms with Crippen LogP contribution in [0.15, 0.2) is 54.7 Å². The minimum absolute atomic E-state index is 0.0319. The molecule has 208 valence electrons. The molecule has 1 unspecified atom stereocenters. The van der Waals surface area contributed by atoms with E-state index in [-0.39, 0.29) is 43.7 Å². The highest BCUT2D eigenvalue weighted by Gasteiger charge is 2.49. The smallest absolute Gasteiger partial charge is 0.305 e. The predicted octanol–water partition coefficient (Wildman–Crippen LogP) is 3.99. The van der Waals surface area contributed by atoms with E-state index in [0.29, 0.717) is 41.0 Å². The summed E-state index contributed by atoms with van der Waals surface area (Å²) in [7, 11) is 0. The lowest BCUT2D eigenvalue weighted by Crippen LogP contribution is -2.40. The van der Waals surface area contributed by atoms with Gasteiger partial charge in [-0.05, 0) is 35.7 Å². The first-order valence-electron chi connectivity index (χ1n) is 13.0. The van der Waals surface area contributed by atoms with Gasteiger partial charge in [-0.1, -0.05) is 41.9 Å². The monoisotopic (exact) mass is 580 g/mol. The molecule has 0 aliphatic carbocycles. The number of carboxylic acid groups (broad SMARTS) is 1. The van der Waals surface area contributed by atoms with Crippen LogP contribution in [0.1, 0.15) is 46.3 Å². The Morgan fingerprint density at radius 3 is 2.55 bits per heavy atom. The Bertz CT molecular complexity index is 1460. The summed E-state index contributed by atoms with van der Waals surface area (Å²) in [6.07, 6.45) is 2.12. The standard InChI is InChI=1S/C29H29ClN4O5S/c1-19(35)33-12-10-29(17-33)18-34(26(36)14-25-31-15-24(30)40-25)23-8-7-21(13-22(23)29)28(39)32(11-9-27(37)38)16-20-5-3-2-4-6-20/h2-8,13,15H,9-12,14,16-18H2,1H3,(H,37,38). The Balaban J connectivity index is 1.48. The van der Waals surface area contributed by atoms with Gasteiger partial charge in [-0.25, -0.2) is 4.98 Å². The average Bonchev–Trinajstić information content (AvgIpc) is 3.64.